The maximum absolute atomic E-state index is 11.9. The minimum absolute atomic E-state index is 0.0489. The number of nitrogens with zero attached hydrogens (tertiary/aromatic N) is 1. The van der Waals surface area contributed by atoms with Crippen LogP contribution in [-0.2, 0) is 22.4 Å². The molecule has 0 radical (unpaired) electrons. The van der Waals surface area contributed by atoms with Crippen LogP contribution in [0.3, 0.4) is 0 Å². The summed E-state index contributed by atoms with van der Waals surface area (Å²) in [6.07, 6.45) is 4.03. The number of hydrogen-bond donors (Lipinski definition) is 0. The second kappa shape index (κ2) is 5.71. The third-order valence-electron chi connectivity index (χ3n) is 4.33. The Hall–Kier alpha value is -1.90. The lowest BCUT2D eigenvalue weighted by Gasteiger charge is -2.30. The molecule has 3 rings (SSSR count). The van der Waals surface area contributed by atoms with Crippen molar-refractivity contribution in [2.45, 2.75) is 46.6 Å². The number of benzene rings is 1. The molecule has 1 aromatic carbocycles. The number of fused-ring (bicyclic) bond motifs is 4. The van der Waals surface area contributed by atoms with Gasteiger partial charge in [0.05, 0.1) is 6.61 Å². The van der Waals surface area contributed by atoms with Crippen molar-refractivity contribution in [1.82, 2.24) is 0 Å². The SMILES string of the molecule is CCOC(=O)C1=NC2C(=C1)c1cc(CC(C)C)c(CC)cc12. The summed E-state index contributed by atoms with van der Waals surface area (Å²) in [6, 6.07) is 4.64. The largest absolute Gasteiger partial charge is 0.461 e. The molecule has 0 saturated heterocycles. The fourth-order valence-electron chi connectivity index (χ4n) is 3.32. The van der Waals surface area contributed by atoms with Gasteiger partial charge in [-0.25, -0.2) is 4.79 Å². The van der Waals surface area contributed by atoms with Gasteiger partial charge in [-0.05, 0) is 59.6 Å². The van der Waals surface area contributed by atoms with Crippen LogP contribution in [0.25, 0.3) is 5.57 Å². The van der Waals surface area contributed by atoms with Crippen molar-refractivity contribution >= 4 is 17.3 Å². The van der Waals surface area contributed by atoms with Crippen LogP contribution < -0.4 is 0 Å². The molecule has 1 heterocycles. The van der Waals surface area contributed by atoms with E-state index in [1.54, 1.807) is 0 Å². The Labute approximate surface area is 132 Å². The van der Waals surface area contributed by atoms with E-state index in [1.165, 1.54) is 27.8 Å². The number of carbonyl (C=O) groups is 1. The van der Waals surface area contributed by atoms with Gasteiger partial charge in [0.1, 0.15) is 11.8 Å². The van der Waals surface area contributed by atoms with E-state index in [0.29, 0.717) is 18.2 Å². The second-order valence-corrected chi connectivity index (χ2v) is 6.40. The van der Waals surface area contributed by atoms with Crippen LogP contribution in [0, 0.1) is 5.92 Å². The van der Waals surface area contributed by atoms with Gasteiger partial charge in [0.15, 0.2) is 0 Å². The predicted octanol–water partition coefficient (Wildman–Crippen LogP) is 3.90. The van der Waals surface area contributed by atoms with Crippen molar-refractivity contribution in [3.63, 3.8) is 0 Å². The highest BCUT2D eigenvalue weighted by Crippen LogP contribution is 2.50. The first-order chi connectivity index (χ1) is 10.5. The van der Waals surface area contributed by atoms with E-state index < -0.39 is 0 Å². The predicted molar refractivity (Wildman–Crippen MR) is 89.1 cm³/mol. The van der Waals surface area contributed by atoms with E-state index in [1.807, 2.05) is 13.0 Å². The van der Waals surface area contributed by atoms with Crippen molar-refractivity contribution < 1.29 is 9.53 Å². The molecule has 0 bridgehead atoms. The van der Waals surface area contributed by atoms with Gasteiger partial charge in [-0.15, -0.1) is 0 Å². The Bertz CT molecular complexity index is 683. The summed E-state index contributed by atoms with van der Waals surface area (Å²) in [7, 11) is 0. The van der Waals surface area contributed by atoms with E-state index in [4.69, 9.17) is 4.74 Å². The van der Waals surface area contributed by atoms with Crippen LogP contribution in [0.5, 0.6) is 0 Å². The standard InChI is InChI=1S/C19H23NO2/c1-5-12-8-15-14(9-13(12)7-11(3)4)16-10-17(20-18(15)16)19(21)22-6-2/h8-11,18H,5-7H2,1-4H3. The fraction of sp³-hybridized carbons (Fsp3) is 0.474. The summed E-state index contributed by atoms with van der Waals surface area (Å²) in [5.41, 5.74) is 6.99. The Kier molecular flexibility index (Phi) is 3.90. The molecule has 1 aromatic rings. The molecule has 0 N–H and O–H groups in total. The topological polar surface area (TPSA) is 38.7 Å². The fourth-order valence-corrected chi connectivity index (χ4v) is 3.32. The third kappa shape index (κ3) is 2.39. The quantitative estimate of drug-likeness (QED) is 0.773. The molecule has 2 aliphatic rings. The molecule has 22 heavy (non-hydrogen) atoms. The van der Waals surface area contributed by atoms with E-state index >= 15 is 0 Å². The van der Waals surface area contributed by atoms with Gasteiger partial charge in [0.2, 0.25) is 0 Å². The molecule has 116 valence electrons. The van der Waals surface area contributed by atoms with Gasteiger partial charge in [-0.1, -0.05) is 32.9 Å². The van der Waals surface area contributed by atoms with Crippen molar-refractivity contribution in [1.29, 1.82) is 0 Å². The highest BCUT2D eigenvalue weighted by Gasteiger charge is 2.38. The molecule has 0 saturated carbocycles. The molecule has 1 unspecified atom stereocenters. The molecule has 1 atom stereocenters. The zero-order chi connectivity index (χ0) is 15.9. The number of hydrogen-bond acceptors (Lipinski definition) is 3. The van der Waals surface area contributed by atoms with Gasteiger partial charge >= 0.3 is 5.97 Å². The zero-order valence-electron chi connectivity index (χ0n) is 13.8. The first-order valence-electron chi connectivity index (χ1n) is 8.17. The van der Waals surface area contributed by atoms with E-state index in [0.717, 1.165) is 12.8 Å². The highest BCUT2D eigenvalue weighted by molar-refractivity contribution is 6.44. The van der Waals surface area contributed by atoms with Gasteiger partial charge in [0, 0.05) is 0 Å². The second-order valence-electron chi connectivity index (χ2n) is 6.40. The summed E-state index contributed by atoms with van der Waals surface area (Å²) in [6.45, 7) is 8.90. The molecule has 0 fully saturated rings. The Morgan fingerprint density at radius 1 is 1.27 bits per heavy atom. The molecule has 1 aliphatic carbocycles. The number of ether oxygens (including phenoxy) is 1. The molecule has 0 spiro atoms. The monoisotopic (exact) mass is 297 g/mol. The molecule has 0 amide bonds. The summed E-state index contributed by atoms with van der Waals surface area (Å²) >= 11 is 0. The Morgan fingerprint density at radius 3 is 2.68 bits per heavy atom. The summed E-state index contributed by atoms with van der Waals surface area (Å²) in [4.78, 5) is 16.4. The van der Waals surface area contributed by atoms with Crippen LogP contribution in [-0.4, -0.2) is 18.3 Å². The number of aryl methyl sites for hydroxylation is 1. The van der Waals surface area contributed by atoms with Crippen LogP contribution in [0.15, 0.2) is 23.2 Å². The molecular weight excluding hydrogens is 274 g/mol. The lowest BCUT2D eigenvalue weighted by molar-refractivity contribution is -0.134. The van der Waals surface area contributed by atoms with Crippen LogP contribution in [0.1, 0.15) is 56.0 Å². The van der Waals surface area contributed by atoms with E-state index in [-0.39, 0.29) is 12.0 Å². The molecule has 1 aliphatic heterocycles. The minimum atomic E-state index is -0.312. The zero-order valence-corrected chi connectivity index (χ0v) is 13.8. The number of carbonyl (C=O) groups excluding carboxylic acids is 1. The van der Waals surface area contributed by atoms with Gasteiger partial charge in [-0.3, -0.25) is 4.99 Å². The van der Waals surface area contributed by atoms with Crippen molar-refractivity contribution in [2.24, 2.45) is 10.9 Å². The summed E-state index contributed by atoms with van der Waals surface area (Å²) in [5, 5.41) is 0. The lowest BCUT2D eigenvalue weighted by Crippen LogP contribution is -2.15. The lowest BCUT2D eigenvalue weighted by atomic mass is 9.76. The van der Waals surface area contributed by atoms with Crippen LogP contribution >= 0.6 is 0 Å². The van der Waals surface area contributed by atoms with Gasteiger partial charge < -0.3 is 4.74 Å². The average molecular weight is 297 g/mol. The first-order valence-corrected chi connectivity index (χ1v) is 8.17. The highest BCUT2D eigenvalue weighted by atomic mass is 16.5. The van der Waals surface area contributed by atoms with Gasteiger partial charge in [0.25, 0.3) is 0 Å². The van der Waals surface area contributed by atoms with Crippen molar-refractivity contribution in [3.8, 4) is 0 Å². The average Bonchev–Trinajstić information content (AvgIpc) is 2.85. The van der Waals surface area contributed by atoms with E-state index in [2.05, 4.69) is 37.9 Å². The molecule has 3 heteroatoms. The molecule has 3 nitrogen and oxygen atoms in total. The first kappa shape index (κ1) is 15.0. The van der Waals surface area contributed by atoms with Crippen LogP contribution in [0.2, 0.25) is 0 Å². The smallest absolute Gasteiger partial charge is 0.356 e. The van der Waals surface area contributed by atoms with Crippen LogP contribution in [0.4, 0.5) is 0 Å². The summed E-state index contributed by atoms with van der Waals surface area (Å²) < 4.78 is 5.06. The normalized spacial score (nSPS) is 18.3. The number of aliphatic imine (C=N–C) groups is 1. The molecular formula is C19H23NO2. The van der Waals surface area contributed by atoms with Crippen molar-refractivity contribution in [3.05, 3.63) is 40.5 Å². The summed E-state index contributed by atoms with van der Waals surface area (Å²) in [5.74, 6) is 0.330. The maximum Gasteiger partial charge on any atom is 0.356 e. The number of rotatable bonds is 5. The Balaban J connectivity index is 1.93. The Morgan fingerprint density at radius 2 is 2.05 bits per heavy atom. The maximum atomic E-state index is 11.9. The van der Waals surface area contributed by atoms with Crippen molar-refractivity contribution in [2.75, 3.05) is 6.61 Å². The minimum Gasteiger partial charge on any atom is -0.461 e. The van der Waals surface area contributed by atoms with E-state index in [9.17, 15) is 4.79 Å². The third-order valence-corrected chi connectivity index (χ3v) is 4.33. The molecule has 0 aromatic heterocycles. The van der Waals surface area contributed by atoms with Gasteiger partial charge in [-0.2, -0.15) is 0 Å². The number of esters is 1.